The number of hydrogen-bond donors (Lipinski definition) is 0. The molecule has 0 aromatic heterocycles. The first-order chi connectivity index (χ1) is 11.6. The van der Waals surface area contributed by atoms with Gasteiger partial charge in [0.1, 0.15) is 0 Å². The Morgan fingerprint density at radius 2 is 1.33 bits per heavy atom. The molecule has 2 aromatic carbocycles. The second-order valence-corrected chi connectivity index (χ2v) is 6.13. The van der Waals surface area contributed by atoms with Gasteiger partial charge < -0.3 is 9.80 Å². The van der Waals surface area contributed by atoms with Crippen LogP contribution in [0.25, 0.3) is 11.1 Å². The minimum atomic E-state index is 0.0820. The molecule has 0 saturated carbocycles. The lowest BCUT2D eigenvalue weighted by atomic mass is 10.0. The first-order valence-electron chi connectivity index (χ1n) is 8.31. The minimum absolute atomic E-state index is 0.0820. The fraction of sp³-hybridized carbons (Fsp3) is 0.300. The zero-order valence-corrected chi connectivity index (χ0v) is 13.9. The van der Waals surface area contributed by atoms with E-state index in [1.807, 2.05) is 35.2 Å². The molecule has 4 heteroatoms. The highest BCUT2D eigenvalue weighted by molar-refractivity contribution is 5.80. The van der Waals surface area contributed by atoms with Crippen molar-refractivity contribution >= 4 is 11.8 Å². The zero-order chi connectivity index (χ0) is 16.9. The normalized spacial score (nSPS) is 14.5. The average molecular weight is 322 g/mol. The van der Waals surface area contributed by atoms with Gasteiger partial charge in [-0.15, -0.1) is 0 Å². The smallest absolute Gasteiger partial charge is 0.227 e. The predicted octanol–water partition coefficient (Wildman–Crippen LogP) is 2.59. The molecule has 1 saturated heterocycles. The molecule has 0 unspecified atom stereocenters. The molecule has 1 heterocycles. The van der Waals surface area contributed by atoms with Crippen LogP contribution >= 0.6 is 0 Å². The van der Waals surface area contributed by atoms with Gasteiger partial charge in [-0.2, -0.15) is 0 Å². The SMILES string of the molecule is CC(=O)N1CCN(C(=O)Cc2ccc(-c3ccccc3)cc2)CC1. The summed E-state index contributed by atoms with van der Waals surface area (Å²) in [6.07, 6.45) is 0.412. The molecule has 24 heavy (non-hydrogen) atoms. The summed E-state index contributed by atoms with van der Waals surface area (Å²) >= 11 is 0. The molecule has 2 amide bonds. The summed E-state index contributed by atoms with van der Waals surface area (Å²) in [6, 6.07) is 18.4. The maximum Gasteiger partial charge on any atom is 0.227 e. The highest BCUT2D eigenvalue weighted by Gasteiger charge is 2.22. The molecular weight excluding hydrogens is 300 g/mol. The number of piperazine rings is 1. The second kappa shape index (κ2) is 7.30. The van der Waals surface area contributed by atoms with Gasteiger partial charge >= 0.3 is 0 Å². The molecule has 1 fully saturated rings. The number of carbonyl (C=O) groups excluding carboxylic acids is 2. The summed E-state index contributed by atoms with van der Waals surface area (Å²) in [4.78, 5) is 27.4. The van der Waals surface area contributed by atoms with Crippen molar-refractivity contribution in [2.75, 3.05) is 26.2 Å². The summed E-state index contributed by atoms with van der Waals surface area (Å²) in [7, 11) is 0. The Labute approximate surface area is 142 Å². The van der Waals surface area contributed by atoms with E-state index in [0.717, 1.165) is 11.1 Å². The van der Waals surface area contributed by atoms with E-state index in [0.29, 0.717) is 32.6 Å². The van der Waals surface area contributed by atoms with E-state index < -0.39 is 0 Å². The van der Waals surface area contributed by atoms with Crippen molar-refractivity contribution in [3.05, 3.63) is 60.2 Å². The van der Waals surface area contributed by atoms with Crippen molar-refractivity contribution in [1.29, 1.82) is 0 Å². The monoisotopic (exact) mass is 322 g/mol. The van der Waals surface area contributed by atoms with Gasteiger partial charge in [-0.1, -0.05) is 54.6 Å². The summed E-state index contributed by atoms with van der Waals surface area (Å²) in [6.45, 7) is 4.09. The molecule has 0 spiro atoms. The van der Waals surface area contributed by atoms with Crippen molar-refractivity contribution in [3.63, 3.8) is 0 Å². The zero-order valence-electron chi connectivity index (χ0n) is 13.9. The molecule has 4 nitrogen and oxygen atoms in total. The molecule has 0 N–H and O–H groups in total. The lowest BCUT2D eigenvalue weighted by Crippen LogP contribution is -2.50. The van der Waals surface area contributed by atoms with E-state index >= 15 is 0 Å². The van der Waals surface area contributed by atoms with E-state index in [1.54, 1.807) is 11.8 Å². The van der Waals surface area contributed by atoms with Gasteiger partial charge in [0.15, 0.2) is 0 Å². The third-order valence-electron chi connectivity index (χ3n) is 4.49. The van der Waals surface area contributed by atoms with Gasteiger partial charge in [-0.05, 0) is 16.7 Å². The van der Waals surface area contributed by atoms with E-state index in [-0.39, 0.29) is 11.8 Å². The highest BCUT2D eigenvalue weighted by atomic mass is 16.2. The Morgan fingerprint density at radius 3 is 1.92 bits per heavy atom. The third kappa shape index (κ3) is 3.82. The number of hydrogen-bond acceptors (Lipinski definition) is 2. The number of amides is 2. The Balaban J connectivity index is 1.58. The molecular formula is C20H22N2O2. The molecule has 1 aliphatic heterocycles. The molecule has 3 rings (SSSR count). The standard InChI is InChI=1S/C20H22N2O2/c1-16(23)21-11-13-22(14-12-21)20(24)15-17-7-9-19(10-8-17)18-5-3-2-4-6-18/h2-10H,11-15H2,1H3. The summed E-state index contributed by atoms with van der Waals surface area (Å²) < 4.78 is 0. The van der Waals surface area contributed by atoms with Gasteiger partial charge in [0.25, 0.3) is 0 Å². The third-order valence-corrected chi connectivity index (χ3v) is 4.49. The largest absolute Gasteiger partial charge is 0.339 e. The van der Waals surface area contributed by atoms with Gasteiger partial charge in [0.05, 0.1) is 6.42 Å². The van der Waals surface area contributed by atoms with Crippen molar-refractivity contribution in [1.82, 2.24) is 9.80 Å². The molecule has 1 aliphatic rings. The second-order valence-electron chi connectivity index (χ2n) is 6.13. The molecule has 0 bridgehead atoms. The number of benzene rings is 2. The molecule has 0 atom stereocenters. The Hall–Kier alpha value is -2.62. The summed E-state index contributed by atoms with van der Waals surface area (Å²) in [5.41, 5.74) is 3.35. The van der Waals surface area contributed by atoms with Crippen LogP contribution in [-0.2, 0) is 16.0 Å². The number of rotatable bonds is 3. The van der Waals surface area contributed by atoms with Crippen LogP contribution in [0.4, 0.5) is 0 Å². The van der Waals surface area contributed by atoms with Gasteiger partial charge in [-0.3, -0.25) is 9.59 Å². The van der Waals surface area contributed by atoms with Gasteiger partial charge in [0.2, 0.25) is 11.8 Å². The number of nitrogens with zero attached hydrogens (tertiary/aromatic N) is 2. The lowest BCUT2D eigenvalue weighted by Gasteiger charge is -2.34. The van der Waals surface area contributed by atoms with Crippen LogP contribution in [0.3, 0.4) is 0 Å². The highest BCUT2D eigenvalue weighted by Crippen LogP contribution is 2.19. The van der Waals surface area contributed by atoms with Crippen molar-refractivity contribution < 1.29 is 9.59 Å². The Bertz CT molecular complexity index is 702. The quantitative estimate of drug-likeness (QED) is 0.871. The molecule has 0 radical (unpaired) electrons. The Kier molecular flexibility index (Phi) is 4.94. The van der Waals surface area contributed by atoms with Crippen LogP contribution < -0.4 is 0 Å². The lowest BCUT2D eigenvalue weighted by molar-refractivity contribution is -0.138. The maximum absolute atomic E-state index is 12.4. The fourth-order valence-electron chi connectivity index (χ4n) is 3.00. The molecule has 2 aromatic rings. The molecule has 124 valence electrons. The predicted molar refractivity (Wildman–Crippen MR) is 94.4 cm³/mol. The van der Waals surface area contributed by atoms with Crippen molar-refractivity contribution in [2.45, 2.75) is 13.3 Å². The van der Waals surface area contributed by atoms with Gasteiger partial charge in [0, 0.05) is 33.1 Å². The van der Waals surface area contributed by atoms with Crippen molar-refractivity contribution in [3.8, 4) is 11.1 Å². The van der Waals surface area contributed by atoms with Crippen LogP contribution in [0.15, 0.2) is 54.6 Å². The van der Waals surface area contributed by atoms with E-state index in [4.69, 9.17) is 0 Å². The maximum atomic E-state index is 12.4. The van der Waals surface area contributed by atoms with Crippen LogP contribution in [0, 0.1) is 0 Å². The summed E-state index contributed by atoms with van der Waals surface area (Å²) in [5.74, 6) is 0.212. The summed E-state index contributed by atoms with van der Waals surface area (Å²) in [5, 5.41) is 0. The van der Waals surface area contributed by atoms with Crippen LogP contribution in [-0.4, -0.2) is 47.8 Å². The minimum Gasteiger partial charge on any atom is -0.339 e. The Morgan fingerprint density at radius 1 is 0.792 bits per heavy atom. The van der Waals surface area contributed by atoms with E-state index in [2.05, 4.69) is 24.3 Å². The van der Waals surface area contributed by atoms with Crippen LogP contribution in [0.2, 0.25) is 0 Å². The van der Waals surface area contributed by atoms with Crippen LogP contribution in [0.5, 0.6) is 0 Å². The fourth-order valence-corrected chi connectivity index (χ4v) is 3.00. The van der Waals surface area contributed by atoms with Crippen molar-refractivity contribution in [2.24, 2.45) is 0 Å². The van der Waals surface area contributed by atoms with E-state index in [1.165, 1.54) is 5.56 Å². The first kappa shape index (κ1) is 16.2. The average Bonchev–Trinajstić information content (AvgIpc) is 2.63. The van der Waals surface area contributed by atoms with Crippen LogP contribution in [0.1, 0.15) is 12.5 Å². The number of carbonyl (C=O) groups is 2. The molecule has 0 aliphatic carbocycles. The topological polar surface area (TPSA) is 40.6 Å². The first-order valence-corrected chi connectivity index (χ1v) is 8.31. The van der Waals surface area contributed by atoms with E-state index in [9.17, 15) is 9.59 Å². The van der Waals surface area contributed by atoms with Gasteiger partial charge in [-0.25, -0.2) is 0 Å².